The van der Waals surface area contributed by atoms with Crippen molar-refractivity contribution in [3.63, 3.8) is 0 Å². The quantitative estimate of drug-likeness (QED) is 0.759. The largest absolute Gasteiger partial charge is 0.480 e. The van der Waals surface area contributed by atoms with Gasteiger partial charge in [-0.05, 0) is 30.7 Å². The smallest absolute Gasteiger partial charge is 0.329 e. The van der Waals surface area contributed by atoms with Gasteiger partial charge in [-0.1, -0.05) is 15.9 Å². The Labute approximate surface area is 141 Å². The van der Waals surface area contributed by atoms with Crippen LogP contribution in [0.25, 0.3) is 0 Å². The molecule has 1 aromatic rings. The molecule has 0 saturated carbocycles. The number of carbonyl (C=O) groups is 2. The number of ether oxygens (including phenoxy) is 1. The Bertz CT molecular complexity index is 573. The minimum absolute atomic E-state index is 0.193. The van der Waals surface area contributed by atoms with Gasteiger partial charge in [0.05, 0.1) is 5.75 Å². The fraction of sp³-hybridized carbons (Fsp3) is 0.467. The number of carboxylic acids is 1. The van der Waals surface area contributed by atoms with Crippen LogP contribution in [-0.2, 0) is 14.3 Å². The first kappa shape index (κ1) is 17.3. The molecule has 0 radical (unpaired) electrons. The molecule has 0 unspecified atom stereocenters. The second-order valence-corrected chi connectivity index (χ2v) is 7.18. The molecule has 0 aromatic heterocycles. The van der Waals surface area contributed by atoms with Gasteiger partial charge in [0.2, 0.25) is 5.91 Å². The molecule has 2 N–H and O–H groups in total. The standard InChI is InChI=1S/C15H18BrNO4S/c1-10-8-11(16)2-3-12(10)22-9-13(18)17-15(14(19)20)4-6-21-7-5-15/h2-3,8H,4-7,9H2,1H3,(H,17,18)(H,19,20). The van der Waals surface area contributed by atoms with Crippen LogP contribution in [0.15, 0.2) is 27.6 Å². The van der Waals surface area contributed by atoms with E-state index in [2.05, 4.69) is 21.2 Å². The topological polar surface area (TPSA) is 75.6 Å². The molecule has 22 heavy (non-hydrogen) atoms. The van der Waals surface area contributed by atoms with E-state index < -0.39 is 11.5 Å². The van der Waals surface area contributed by atoms with Crippen molar-refractivity contribution in [3.05, 3.63) is 28.2 Å². The highest BCUT2D eigenvalue weighted by atomic mass is 79.9. The van der Waals surface area contributed by atoms with Crippen molar-refractivity contribution >= 4 is 39.6 Å². The normalized spacial score (nSPS) is 17.0. The highest BCUT2D eigenvalue weighted by Crippen LogP contribution is 2.26. The molecule has 0 aliphatic carbocycles. The molecule has 5 nitrogen and oxygen atoms in total. The summed E-state index contributed by atoms with van der Waals surface area (Å²) >= 11 is 4.81. The fourth-order valence-corrected chi connectivity index (χ4v) is 3.62. The van der Waals surface area contributed by atoms with Gasteiger partial charge in [0.1, 0.15) is 5.54 Å². The van der Waals surface area contributed by atoms with E-state index in [9.17, 15) is 14.7 Å². The predicted octanol–water partition coefficient (Wildman–Crippen LogP) is 2.60. The number of nitrogens with one attached hydrogen (secondary N) is 1. The molecule has 120 valence electrons. The van der Waals surface area contributed by atoms with E-state index in [0.717, 1.165) is 14.9 Å². The minimum atomic E-state index is -1.19. The molecule has 0 bridgehead atoms. The molecule has 1 saturated heterocycles. The van der Waals surface area contributed by atoms with Crippen molar-refractivity contribution in [2.45, 2.75) is 30.2 Å². The Balaban J connectivity index is 1.95. The lowest BCUT2D eigenvalue weighted by atomic mass is 9.90. The van der Waals surface area contributed by atoms with Crippen LogP contribution in [-0.4, -0.2) is 41.5 Å². The van der Waals surface area contributed by atoms with Crippen molar-refractivity contribution < 1.29 is 19.4 Å². The number of amides is 1. The summed E-state index contributed by atoms with van der Waals surface area (Å²) in [5, 5.41) is 12.1. The summed E-state index contributed by atoms with van der Waals surface area (Å²) in [6, 6.07) is 5.85. The molecule has 0 spiro atoms. The third-order valence-electron chi connectivity index (χ3n) is 3.63. The van der Waals surface area contributed by atoms with Crippen LogP contribution in [0.2, 0.25) is 0 Å². The van der Waals surface area contributed by atoms with Gasteiger partial charge in [-0.3, -0.25) is 4.79 Å². The Morgan fingerprint density at radius 3 is 2.68 bits per heavy atom. The molecule has 1 aliphatic rings. The number of hydrogen-bond acceptors (Lipinski definition) is 4. The average molecular weight is 388 g/mol. The lowest BCUT2D eigenvalue weighted by molar-refractivity contribution is -0.151. The number of hydrogen-bond donors (Lipinski definition) is 2. The monoisotopic (exact) mass is 387 g/mol. The summed E-state index contributed by atoms with van der Waals surface area (Å²) in [5.74, 6) is -1.07. The first-order valence-electron chi connectivity index (χ1n) is 6.94. The van der Waals surface area contributed by atoms with E-state index in [1.807, 2.05) is 25.1 Å². The van der Waals surface area contributed by atoms with Crippen molar-refractivity contribution in [1.82, 2.24) is 5.32 Å². The third-order valence-corrected chi connectivity index (χ3v) is 5.30. The van der Waals surface area contributed by atoms with E-state index in [-0.39, 0.29) is 11.7 Å². The van der Waals surface area contributed by atoms with Crippen molar-refractivity contribution in [3.8, 4) is 0 Å². The number of thioether (sulfide) groups is 1. The number of rotatable bonds is 5. The molecule has 1 aliphatic heterocycles. The SMILES string of the molecule is Cc1cc(Br)ccc1SCC(=O)NC1(C(=O)O)CCOCC1. The molecule has 1 aromatic carbocycles. The zero-order valence-corrected chi connectivity index (χ0v) is 14.6. The minimum Gasteiger partial charge on any atom is -0.480 e. The Kier molecular flexibility index (Phi) is 5.88. The van der Waals surface area contributed by atoms with E-state index in [0.29, 0.717) is 26.1 Å². The highest BCUT2D eigenvalue weighted by molar-refractivity contribution is 9.10. The summed E-state index contributed by atoms with van der Waals surface area (Å²) in [4.78, 5) is 24.6. The predicted molar refractivity (Wildman–Crippen MR) is 88.2 cm³/mol. The molecule has 7 heteroatoms. The van der Waals surface area contributed by atoms with E-state index in [4.69, 9.17) is 4.74 Å². The van der Waals surface area contributed by atoms with Gasteiger partial charge in [-0.25, -0.2) is 4.79 Å². The number of aryl methyl sites for hydroxylation is 1. The lowest BCUT2D eigenvalue weighted by Crippen LogP contribution is -2.57. The first-order valence-corrected chi connectivity index (χ1v) is 8.72. The Morgan fingerprint density at radius 1 is 1.41 bits per heavy atom. The molecule has 2 rings (SSSR count). The van der Waals surface area contributed by atoms with Crippen LogP contribution in [0.1, 0.15) is 18.4 Å². The van der Waals surface area contributed by atoms with Crippen LogP contribution >= 0.6 is 27.7 Å². The van der Waals surface area contributed by atoms with Gasteiger partial charge in [0.25, 0.3) is 0 Å². The van der Waals surface area contributed by atoms with Gasteiger partial charge in [-0.15, -0.1) is 11.8 Å². The van der Waals surface area contributed by atoms with Gasteiger partial charge in [0, 0.05) is 35.4 Å². The first-order chi connectivity index (χ1) is 10.4. The Morgan fingerprint density at radius 2 is 2.09 bits per heavy atom. The maximum Gasteiger partial charge on any atom is 0.329 e. The van der Waals surface area contributed by atoms with Crippen LogP contribution in [0.4, 0.5) is 0 Å². The number of halogens is 1. The summed E-state index contributed by atoms with van der Waals surface area (Å²) < 4.78 is 6.18. The molecule has 1 amide bonds. The van der Waals surface area contributed by atoms with Gasteiger partial charge in [-0.2, -0.15) is 0 Å². The maximum absolute atomic E-state index is 12.1. The van der Waals surface area contributed by atoms with Gasteiger partial charge >= 0.3 is 5.97 Å². The van der Waals surface area contributed by atoms with Crippen molar-refractivity contribution in [2.24, 2.45) is 0 Å². The number of carboxylic acid groups (broad SMARTS) is 1. The highest BCUT2D eigenvalue weighted by Gasteiger charge is 2.41. The zero-order chi connectivity index (χ0) is 16.2. The average Bonchev–Trinajstić information content (AvgIpc) is 2.47. The molecule has 1 fully saturated rings. The van der Waals surface area contributed by atoms with Crippen LogP contribution in [0, 0.1) is 6.92 Å². The number of benzene rings is 1. The van der Waals surface area contributed by atoms with Crippen LogP contribution < -0.4 is 5.32 Å². The van der Waals surface area contributed by atoms with E-state index in [1.165, 1.54) is 11.8 Å². The second-order valence-electron chi connectivity index (χ2n) is 5.25. The molecule has 0 atom stereocenters. The lowest BCUT2D eigenvalue weighted by Gasteiger charge is -2.33. The maximum atomic E-state index is 12.1. The summed E-state index contributed by atoms with van der Waals surface area (Å²) in [7, 11) is 0. The summed E-state index contributed by atoms with van der Waals surface area (Å²) in [6.07, 6.45) is 0.603. The second kappa shape index (κ2) is 7.48. The van der Waals surface area contributed by atoms with Crippen LogP contribution in [0.3, 0.4) is 0 Å². The fourth-order valence-electron chi connectivity index (χ4n) is 2.33. The van der Waals surface area contributed by atoms with Gasteiger partial charge in [0.15, 0.2) is 0 Å². The molecular weight excluding hydrogens is 370 g/mol. The van der Waals surface area contributed by atoms with Crippen molar-refractivity contribution in [1.29, 1.82) is 0 Å². The van der Waals surface area contributed by atoms with Crippen LogP contribution in [0.5, 0.6) is 0 Å². The number of aliphatic carboxylic acids is 1. The van der Waals surface area contributed by atoms with Gasteiger partial charge < -0.3 is 15.2 Å². The summed E-state index contributed by atoms with van der Waals surface area (Å²) in [6.45, 7) is 2.68. The summed E-state index contributed by atoms with van der Waals surface area (Å²) in [5.41, 5.74) is -0.115. The Hall–Kier alpha value is -1.05. The molecule has 1 heterocycles. The zero-order valence-electron chi connectivity index (χ0n) is 12.2. The van der Waals surface area contributed by atoms with Crippen molar-refractivity contribution in [2.75, 3.05) is 19.0 Å². The third kappa shape index (κ3) is 4.24. The van der Waals surface area contributed by atoms with E-state index in [1.54, 1.807) is 0 Å². The number of carbonyl (C=O) groups excluding carboxylic acids is 1. The molecular formula is C15H18BrNO4S. The van der Waals surface area contributed by atoms with E-state index >= 15 is 0 Å².